The third kappa shape index (κ3) is 4.59. The zero-order valence-electron chi connectivity index (χ0n) is 13.2. The monoisotopic (exact) mass is 354 g/mol. The second-order valence-corrected chi connectivity index (χ2v) is 5.82. The van der Waals surface area contributed by atoms with Crippen molar-refractivity contribution in [2.45, 2.75) is 13.0 Å². The second kappa shape index (κ2) is 7.83. The minimum Gasteiger partial charge on any atom is -0.390 e. The van der Waals surface area contributed by atoms with Gasteiger partial charge in [0.25, 0.3) is 5.91 Å². The van der Waals surface area contributed by atoms with Crippen LogP contribution >= 0.6 is 11.6 Å². The lowest BCUT2D eigenvalue weighted by Gasteiger charge is -2.06. The van der Waals surface area contributed by atoms with E-state index in [1.807, 2.05) is 30.3 Å². The van der Waals surface area contributed by atoms with Gasteiger partial charge in [0.05, 0.1) is 12.3 Å². The Morgan fingerprint density at radius 1 is 1.08 bits per heavy atom. The standard InChI is InChI=1S/C18H15ClN4O2/c19-14-3-1-2-12(9-14)8-13-4-7-17(20-10-13)21-18(25)16-6-5-15(11-24)22-23-16/h1-7,9-10,24H,8,11H2,(H,20,21,25). The average Bonchev–Trinajstić information content (AvgIpc) is 2.63. The Bertz CT molecular complexity index is 867. The van der Waals surface area contributed by atoms with Gasteiger partial charge < -0.3 is 10.4 Å². The summed E-state index contributed by atoms with van der Waals surface area (Å²) >= 11 is 5.98. The zero-order chi connectivity index (χ0) is 17.6. The number of aromatic nitrogens is 3. The van der Waals surface area contributed by atoms with Crippen molar-refractivity contribution >= 4 is 23.3 Å². The fraction of sp³-hybridized carbons (Fsp3) is 0.111. The number of amides is 1. The molecule has 1 amide bonds. The van der Waals surface area contributed by atoms with Gasteiger partial charge in [-0.05, 0) is 47.9 Å². The molecule has 1 aromatic carbocycles. The van der Waals surface area contributed by atoms with E-state index in [1.54, 1.807) is 18.3 Å². The molecule has 0 bridgehead atoms. The molecule has 0 saturated carbocycles. The maximum absolute atomic E-state index is 12.1. The molecule has 0 unspecified atom stereocenters. The van der Waals surface area contributed by atoms with Gasteiger partial charge in [-0.1, -0.05) is 29.8 Å². The van der Waals surface area contributed by atoms with Gasteiger partial charge in [0.1, 0.15) is 5.82 Å². The molecule has 126 valence electrons. The summed E-state index contributed by atoms with van der Waals surface area (Å²) in [6.45, 7) is -0.218. The van der Waals surface area contributed by atoms with Crippen molar-refractivity contribution < 1.29 is 9.90 Å². The van der Waals surface area contributed by atoms with Crippen molar-refractivity contribution in [1.82, 2.24) is 15.2 Å². The van der Waals surface area contributed by atoms with E-state index in [0.717, 1.165) is 11.1 Å². The third-order valence-corrected chi connectivity index (χ3v) is 3.71. The smallest absolute Gasteiger partial charge is 0.277 e. The molecule has 0 saturated heterocycles. The van der Waals surface area contributed by atoms with Gasteiger partial charge >= 0.3 is 0 Å². The molecule has 0 radical (unpaired) electrons. The molecular weight excluding hydrogens is 340 g/mol. The Hall–Kier alpha value is -2.83. The van der Waals surface area contributed by atoms with Gasteiger partial charge in [0.2, 0.25) is 0 Å². The van der Waals surface area contributed by atoms with Crippen LogP contribution in [0.15, 0.2) is 54.7 Å². The lowest BCUT2D eigenvalue weighted by Crippen LogP contribution is -2.15. The van der Waals surface area contributed by atoms with Crippen LogP contribution in [0.2, 0.25) is 5.02 Å². The van der Waals surface area contributed by atoms with Crippen LogP contribution in [0.4, 0.5) is 5.82 Å². The number of pyridine rings is 1. The average molecular weight is 355 g/mol. The minimum absolute atomic E-state index is 0.155. The zero-order valence-corrected chi connectivity index (χ0v) is 13.9. The highest BCUT2D eigenvalue weighted by Gasteiger charge is 2.09. The Labute approximate surface area is 149 Å². The molecule has 6 nitrogen and oxygen atoms in total. The fourth-order valence-corrected chi connectivity index (χ4v) is 2.44. The van der Waals surface area contributed by atoms with E-state index in [-0.39, 0.29) is 12.3 Å². The van der Waals surface area contributed by atoms with Crippen LogP contribution in [0.3, 0.4) is 0 Å². The number of hydrogen-bond acceptors (Lipinski definition) is 5. The summed E-state index contributed by atoms with van der Waals surface area (Å²) in [5.74, 6) is 0.0139. The van der Waals surface area contributed by atoms with Crippen LogP contribution in [-0.4, -0.2) is 26.2 Å². The van der Waals surface area contributed by atoms with E-state index in [4.69, 9.17) is 16.7 Å². The summed E-state index contributed by atoms with van der Waals surface area (Å²) in [4.78, 5) is 16.3. The lowest BCUT2D eigenvalue weighted by molar-refractivity contribution is 0.102. The van der Waals surface area contributed by atoms with Gasteiger partial charge in [-0.25, -0.2) is 4.98 Å². The van der Waals surface area contributed by atoms with E-state index in [0.29, 0.717) is 23.0 Å². The molecule has 25 heavy (non-hydrogen) atoms. The molecule has 7 heteroatoms. The summed E-state index contributed by atoms with van der Waals surface area (Å²) in [5, 5.41) is 19.8. The van der Waals surface area contributed by atoms with Crippen molar-refractivity contribution in [3.8, 4) is 0 Å². The number of halogens is 1. The summed E-state index contributed by atoms with van der Waals surface area (Å²) in [6.07, 6.45) is 2.41. The van der Waals surface area contributed by atoms with Gasteiger partial charge in [0, 0.05) is 11.2 Å². The largest absolute Gasteiger partial charge is 0.390 e. The molecular formula is C18H15ClN4O2. The van der Waals surface area contributed by atoms with Crippen molar-refractivity contribution in [2.75, 3.05) is 5.32 Å². The first-order valence-corrected chi connectivity index (χ1v) is 7.96. The fourth-order valence-electron chi connectivity index (χ4n) is 2.23. The van der Waals surface area contributed by atoms with Crippen LogP contribution in [0.1, 0.15) is 27.3 Å². The molecule has 0 aliphatic heterocycles. The minimum atomic E-state index is -0.410. The number of rotatable bonds is 5. The van der Waals surface area contributed by atoms with Crippen LogP contribution in [-0.2, 0) is 13.0 Å². The SMILES string of the molecule is O=C(Nc1ccc(Cc2cccc(Cl)c2)cn1)c1ccc(CO)nn1. The van der Waals surface area contributed by atoms with Crippen molar-refractivity contribution in [1.29, 1.82) is 0 Å². The van der Waals surface area contributed by atoms with Crippen LogP contribution in [0.5, 0.6) is 0 Å². The highest BCUT2D eigenvalue weighted by atomic mass is 35.5. The normalized spacial score (nSPS) is 10.5. The quantitative estimate of drug-likeness (QED) is 0.735. The lowest BCUT2D eigenvalue weighted by atomic mass is 10.1. The van der Waals surface area contributed by atoms with E-state index < -0.39 is 5.91 Å². The molecule has 2 aromatic heterocycles. The predicted molar refractivity (Wildman–Crippen MR) is 94.4 cm³/mol. The first-order valence-electron chi connectivity index (χ1n) is 7.58. The maximum atomic E-state index is 12.1. The van der Waals surface area contributed by atoms with Crippen molar-refractivity contribution in [2.24, 2.45) is 0 Å². The third-order valence-electron chi connectivity index (χ3n) is 3.48. The Morgan fingerprint density at radius 3 is 2.60 bits per heavy atom. The summed E-state index contributed by atoms with van der Waals surface area (Å²) < 4.78 is 0. The highest BCUT2D eigenvalue weighted by molar-refractivity contribution is 6.30. The van der Waals surface area contributed by atoms with Gasteiger partial charge in [-0.2, -0.15) is 5.10 Å². The molecule has 0 spiro atoms. The number of carbonyl (C=O) groups excluding carboxylic acids is 1. The topological polar surface area (TPSA) is 88.0 Å². The molecule has 0 aliphatic rings. The van der Waals surface area contributed by atoms with E-state index >= 15 is 0 Å². The summed E-state index contributed by atoms with van der Waals surface area (Å²) in [6, 6.07) is 14.3. The molecule has 0 atom stereocenters. The first kappa shape index (κ1) is 17.0. The Morgan fingerprint density at radius 2 is 1.96 bits per heavy atom. The molecule has 0 fully saturated rings. The summed E-state index contributed by atoms with van der Waals surface area (Å²) in [7, 11) is 0. The molecule has 3 aromatic rings. The second-order valence-electron chi connectivity index (χ2n) is 5.38. The first-order chi connectivity index (χ1) is 12.1. The number of anilines is 1. The number of nitrogens with one attached hydrogen (secondary N) is 1. The van der Waals surface area contributed by atoms with E-state index in [1.165, 1.54) is 6.07 Å². The molecule has 2 N–H and O–H groups in total. The van der Waals surface area contributed by atoms with E-state index in [2.05, 4.69) is 20.5 Å². The van der Waals surface area contributed by atoms with Crippen molar-refractivity contribution in [3.63, 3.8) is 0 Å². The van der Waals surface area contributed by atoms with Gasteiger partial charge in [-0.3, -0.25) is 4.79 Å². The summed E-state index contributed by atoms with van der Waals surface area (Å²) in [5.41, 5.74) is 2.65. The molecule has 0 aliphatic carbocycles. The predicted octanol–water partition coefficient (Wildman–Crippen LogP) is 2.86. The highest BCUT2D eigenvalue weighted by Crippen LogP contribution is 2.15. The number of nitrogens with zero attached hydrogens (tertiary/aromatic N) is 3. The van der Waals surface area contributed by atoms with Crippen molar-refractivity contribution in [3.05, 3.63) is 82.3 Å². The number of benzene rings is 1. The molecule has 3 rings (SSSR count). The number of carbonyl (C=O) groups is 1. The van der Waals surface area contributed by atoms with Crippen LogP contribution < -0.4 is 5.32 Å². The van der Waals surface area contributed by atoms with Crippen LogP contribution in [0, 0.1) is 0 Å². The van der Waals surface area contributed by atoms with Gasteiger partial charge in [0.15, 0.2) is 5.69 Å². The maximum Gasteiger partial charge on any atom is 0.277 e. The number of aliphatic hydroxyl groups is 1. The Balaban J connectivity index is 1.64. The number of hydrogen-bond donors (Lipinski definition) is 2. The van der Waals surface area contributed by atoms with E-state index in [9.17, 15) is 4.79 Å². The van der Waals surface area contributed by atoms with Gasteiger partial charge in [-0.15, -0.1) is 5.10 Å². The number of aliphatic hydroxyl groups excluding tert-OH is 1. The van der Waals surface area contributed by atoms with Crippen LogP contribution in [0.25, 0.3) is 0 Å². The molecule has 2 heterocycles. The Kier molecular flexibility index (Phi) is 5.33.